The quantitative estimate of drug-likeness (QED) is 0.818. The van der Waals surface area contributed by atoms with Crippen LogP contribution in [0.15, 0.2) is 48.5 Å². The van der Waals surface area contributed by atoms with Crippen LogP contribution in [0.3, 0.4) is 0 Å². The standard InChI is InChI=1S/C21H25ClN2O/c1-24(20-11-5-8-17-7-2-3-10-19(17)20)15-21(25)23-13-12-16-6-4-9-18(22)14-16/h2-4,6-7,9-10,14,20H,5,8,11-13,15H2,1H3,(H,23,25)/p+1/t20-/m0/s1. The van der Waals surface area contributed by atoms with Gasteiger partial charge in [0, 0.05) is 23.6 Å². The van der Waals surface area contributed by atoms with E-state index in [0.717, 1.165) is 29.8 Å². The van der Waals surface area contributed by atoms with Crippen LogP contribution in [0, 0.1) is 0 Å². The molecule has 0 heterocycles. The third-order valence-corrected chi connectivity index (χ3v) is 5.26. The summed E-state index contributed by atoms with van der Waals surface area (Å²) in [5.74, 6) is 0.114. The van der Waals surface area contributed by atoms with Crippen LogP contribution < -0.4 is 10.2 Å². The second kappa shape index (κ2) is 8.50. The van der Waals surface area contributed by atoms with Gasteiger partial charge >= 0.3 is 0 Å². The number of carbonyl (C=O) groups is 1. The molecule has 1 amide bonds. The fourth-order valence-corrected chi connectivity index (χ4v) is 3.96. The predicted octanol–water partition coefficient (Wildman–Crippen LogP) is 2.59. The minimum Gasteiger partial charge on any atom is -0.351 e. The molecule has 0 aliphatic heterocycles. The van der Waals surface area contributed by atoms with Crippen LogP contribution in [-0.2, 0) is 17.6 Å². The Morgan fingerprint density at radius 2 is 2.08 bits per heavy atom. The number of halogens is 1. The summed E-state index contributed by atoms with van der Waals surface area (Å²) in [6.07, 6.45) is 4.32. The van der Waals surface area contributed by atoms with E-state index in [1.807, 2.05) is 24.3 Å². The molecule has 2 atom stereocenters. The third kappa shape index (κ3) is 4.83. The van der Waals surface area contributed by atoms with Crippen molar-refractivity contribution in [1.82, 2.24) is 5.32 Å². The second-order valence-corrected chi connectivity index (χ2v) is 7.33. The van der Waals surface area contributed by atoms with E-state index in [1.54, 1.807) is 0 Å². The molecule has 0 spiro atoms. The minimum atomic E-state index is 0.114. The summed E-state index contributed by atoms with van der Waals surface area (Å²) < 4.78 is 0. The van der Waals surface area contributed by atoms with Gasteiger partial charge in [0.1, 0.15) is 6.04 Å². The zero-order valence-corrected chi connectivity index (χ0v) is 15.5. The van der Waals surface area contributed by atoms with Gasteiger partial charge in [-0.1, -0.05) is 48.0 Å². The van der Waals surface area contributed by atoms with Gasteiger partial charge in [-0.3, -0.25) is 4.79 Å². The molecule has 3 rings (SSSR count). The molecule has 2 aromatic rings. The molecule has 25 heavy (non-hydrogen) atoms. The number of hydrogen-bond donors (Lipinski definition) is 2. The van der Waals surface area contributed by atoms with E-state index < -0.39 is 0 Å². The van der Waals surface area contributed by atoms with Crippen molar-refractivity contribution in [3.63, 3.8) is 0 Å². The summed E-state index contributed by atoms with van der Waals surface area (Å²) in [6, 6.07) is 16.9. The molecule has 1 aliphatic carbocycles. The number of amides is 1. The zero-order valence-electron chi connectivity index (χ0n) is 14.7. The Kier molecular flexibility index (Phi) is 6.11. The van der Waals surface area contributed by atoms with Gasteiger partial charge in [0.05, 0.1) is 7.05 Å². The molecule has 3 nitrogen and oxygen atoms in total. The fourth-order valence-electron chi connectivity index (χ4n) is 3.74. The van der Waals surface area contributed by atoms with Gasteiger partial charge in [-0.05, 0) is 42.5 Å². The van der Waals surface area contributed by atoms with Crippen molar-refractivity contribution in [2.24, 2.45) is 0 Å². The van der Waals surface area contributed by atoms with E-state index in [4.69, 9.17) is 11.6 Å². The Balaban J connectivity index is 1.50. The molecular weight excluding hydrogens is 332 g/mol. The van der Waals surface area contributed by atoms with Crippen molar-refractivity contribution in [1.29, 1.82) is 0 Å². The molecule has 132 valence electrons. The monoisotopic (exact) mass is 357 g/mol. The van der Waals surface area contributed by atoms with Crippen molar-refractivity contribution in [2.45, 2.75) is 31.7 Å². The van der Waals surface area contributed by atoms with E-state index in [1.165, 1.54) is 22.4 Å². The number of quaternary nitrogens is 1. The molecule has 4 heteroatoms. The first-order valence-electron chi connectivity index (χ1n) is 9.05. The van der Waals surface area contributed by atoms with Crippen LogP contribution in [0.25, 0.3) is 0 Å². The van der Waals surface area contributed by atoms with Crippen molar-refractivity contribution >= 4 is 17.5 Å². The Hall–Kier alpha value is -1.84. The average Bonchev–Trinajstić information content (AvgIpc) is 2.61. The second-order valence-electron chi connectivity index (χ2n) is 6.90. The molecule has 0 aromatic heterocycles. The number of fused-ring (bicyclic) bond motifs is 1. The van der Waals surface area contributed by atoms with Gasteiger partial charge in [-0.15, -0.1) is 0 Å². The number of carbonyl (C=O) groups excluding carboxylic acids is 1. The van der Waals surface area contributed by atoms with Crippen molar-refractivity contribution in [3.05, 3.63) is 70.2 Å². The van der Waals surface area contributed by atoms with Gasteiger partial charge in [-0.2, -0.15) is 0 Å². The summed E-state index contributed by atoms with van der Waals surface area (Å²) in [7, 11) is 2.13. The number of hydrogen-bond acceptors (Lipinski definition) is 1. The summed E-state index contributed by atoms with van der Waals surface area (Å²) in [5.41, 5.74) is 4.01. The molecule has 0 fully saturated rings. The lowest BCUT2D eigenvalue weighted by Crippen LogP contribution is -3.10. The van der Waals surface area contributed by atoms with Crippen LogP contribution in [0.1, 0.15) is 35.6 Å². The van der Waals surface area contributed by atoms with Crippen LogP contribution >= 0.6 is 11.6 Å². The molecular formula is C21H26ClN2O+. The van der Waals surface area contributed by atoms with Gasteiger partial charge in [-0.25, -0.2) is 0 Å². The summed E-state index contributed by atoms with van der Waals surface area (Å²) in [4.78, 5) is 13.6. The van der Waals surface area contributed by atoms with Crippen molar-refractivity contribution in [2.75, 3.05) is 20.1 Å². The number of aryl methyl sites for hydroxylation is 1. The molecule has 2 N–H and O–H groups in total. The van der Waals surface area contributed by atoms with E-state index in [0.29, 0.717) is 19.1 Å². The minimum absolute atomic E-state index is 0.114. The average molecular weight is 358 g/mol. The SMILES string of the molecule is C[NH+](CC(=O)NCCc1cccc(Cl)c1)[C@H]1CCCc2ccccc21. The lowest BCUT2D eigenvalue weighted by molar-refractivity contribution is -0.905. The first-order chi connectivity index (χ1) is 12.1. The number of benzene rings is 2. The largest absolute Gasteiger partial charge is 0.351 e. The first-order valence-corrected chi connectivity index (χ1v) is 9.42. The van der Waals surface area contributed by atoms with Gasteiger partial charge in [0.2, 0.25) is 0 Å². The van der Waals surface area contributed by atoms with E-state index in [2.05, 4.69) is 36.6 Å². The smallest absolute Gasteiger partial charge is 0.275 e. The third-order valence-electron chi connectivity index (χ3n) is 5.03. The predicted molar refractivity (Wildman–Crippen MR) is 102 cm³/mol. The lowest BCUT2D eigenvalue weighted by atomic mass is 9.87. The summed E-state index contributed by atoms with van der Waals surface area (Å²) >= 11 is 5.99. The summed E-state index contributed by atoms with van der Waals surface area (Å²) in [6.45, 7) is 1.16. The van der Waals surface area contributed by atoms with E-state index >= 15 is 0 Å². The van der Waals surface area contributed by atoms with Crippen molar-refractivity contribution < 1.29 is 9.69 Å². The fraction of sp³-hybridized carbons (Fsp3) is 0.381. The van der Waals surface area contributed by atoms with Crippen LogP contribution in [0.2, 0.25) is 5.02 Å². The highest BCUT2D eigenvalue weighted by Crippen LogP contribution is 2.27. The Morgan fingerprint density at radius 1 is 1.24 bits per heavy atom. The van der Waals surface area contributed by atoms with Gasteiger partial charge in [0.15, 0.2) is 6.54 Å². The molecule has 1 unspecified atom stereocenters. The molecule has 0 radical (unpaired) electrons. The van der Waals surface area contributed by atoms with Crippen molar-refractivity contribution in [3.8, 4) is 0 Å². The normalized spacial score (nSPS) is 17.6. The molecule has 1 aliphatic rings. The van der Waals surface area contributed by atoms with Gasteiger partial charge in [0.25, 0.3) is 5.91 Å². The van der Waals surface area contributed by atoms with Crippen LogP contribution in [0.4, 0.5) is 0 Å². The maximum atomic E-state index is 12.3. The Morgan fingerprint density at radius 3 is 2.92 bits per heavy atom. The maximum absolute atomic E-state index is 12.3. The van der Waals surface area contributed by atoms with Crippen LogP contribution in [0.5, 0.6) is 0 Å². The number of nitrogens with one attached hydrogen (secondary N) is 2. The topological polar surface area (TPSA) is 33.5 Å². The highest BCUT2D eigenvalue weighted by Gasteiger charge is 2.27. The van der Waals surface area contributed by atoms with E-state index in [9.17, 15) is 4.79 Å². The highest BCUT2D eigenvalue weighted by atomic mass is 35.5. The zero-order chi connectivity index (χ0) is 17.6. The Labute approximate surface area is 155 Å². The Bertz CT molecular complexity index is 731. The van der Waals surface area contributed by atoms with Crippen LogP contribution in [-0.4, -0.2) is 26.0 Å². The lowest BCUT2D eigenvalue weighted by Gasteiger charge is -2.30. The maximum Gasteiger partial charge on any atom is 0.275 e. The summed E-state index contributed by atoms with van der Waals surface area (Å²) in [5, 5.41) is 3.78. The number of rotatable bonds is 6. The van der Waals surface area contributed by atoms with E-state index in [-0.39, 0.29) is 5.91 Å². The first kappa shape index (κ1) is 18.0. The molecule has 0 saturated carbocycles. The molecule has 0 bridgehead atoms. The molecule has 0 saturated heterocycles. The highest BCUT2D eigenvalue weighted by molar-refractivity contribution is 6.30. The van der Waals surface area contributed by atoms with Gasteiger partial charge < -0.3 is 10.2 Å². The molecule has 2 aromatic carbocycles. The number of likely N-dealkylation sites (N-methyl/N-ethyl adjacent to an activating group) is 1.